The highest BCUT2D eigenvalue weighted by atomic mass is 35.5. The lowest BCUT2D eigenvalue weighted by atomic mass is 10.2. The number of nitro benzene ring substituents is 1. The van der Waals surface area contributed by atoms with Crippen LogP contribution in [0.15, 0.2) is 70.2 Å². The topological polar surface area (TPSA) is 125 Å². The van der Waals surface area contributed by atoms with E-state index in [0.29, 0.717) is 35.0 Å². The number of halogens is 1. The summed E-state index contributed by atoms with van der Waals surface area (Å²) in [6.07, 6.45) is 1.41. The van der Waals surface area contributed by atoms with E-state index in [4.69, 9.17) is 30.2 Å². The number of furan rings is 1. The molecule has 1 N–H and O–H groups in total. The number of methoxy groups -OCH3 is 1. The van der Waals surface area contributed by atoms with Gasteiger partial charge in [0, 0.05) is 17.5 Å². The molecule has 0 radical (unpaired) electrons. The van der Waals surface area contributed by atoms with Crippen LogP contribution in [0.1, 0.15) is 28.6 Å². The van der Waals surface area contributed by atoms with Crippen molar-refractivity contribution in [1.82, 2.24) is 5.43 Å². The average Bonchev–Trinajstić information content (AvgIpc) is 3.32. The smallest absolute Gasteiger partial charge is 0.307 e. The minimum atomic E-state index is -0.522. The third-order valence-electron chi connectivity index (χ3n) is 5.18. The third kappa shape index (κ3) is 6.17. The quantitative estimate of drug-likeness (QED) is 0.159. The maximum Gasteiger partial charge on any atom is 0.307 e. The Kier molecular flexibility index (Phi) is 7.89. The number of nitrogens with one attached hydrogen (secondary N) is 1. The number of benzene rings is 3. The van der Waals surface area contributed by atoms with Gasteiger partial charge in [0.25, 0.3) is 5.69 Å². The molecular formula is C26H22ClN3O7. The van der Waals surface area contributed by atoms with Crippen LogP contribution in [0.4, 0.5) is 5.69 Å². The Bertz CT molecular complexity index is 1470. The summed E-state index contributed by atoms with van der Waals surface area (Å²) < 4.78 is 22.2. The normalized spacial score (nSPS) is 11.0. The summed E-state index contributed by atoms with van der Waals surface area (Å²) in [5.74, 6) is 0.923. The molecule has 4 rings (SSSR count). The average molecular weight is 524 g/mol. The second-order valence-electron chi connectivity index (χ2n) is 7.69. The number of hydrazone groups is 1. The van der Waals surface area contributed by atoms with Crippen LogP contribution in [0.5, 0.6) is 17.2 Å². The lowest BCUT2D eigenvalue weighted by molar-refractivity contribution is -0.384. The summed E-state index contributed by atoms with van der Waals surface area (Å²) in [4.78, 5) is 22.8. The molecule has 0 aliphatic rings. The number of ether oxygens (including phenoxy) is 3. The third-order valence-corrected chi connectivity index (χ3v) is 5.47. The van der Waals surface area contributed by atoms with Gasteiger partial charge in [-0.2, -0.15) is 5.10 Å². The van der Waals surface area contributed by atoms with Gasteiger partial charge in [0.1, 0.15) is 17.9 Å². The van der Waals surface area contributed by atoms with Crippen LogP contribution in [0, 0.1) is 10.1 Å². The molecule has 0 atom stereocenters. The Hall–Kier alpha value is -4.57. The second kappa shape index (κ2) is 11.4. The molecule has 4 aromatic rings. The maximum absolute atomic E-state index is 12.5. The van der Waals surface area contributed by atoms with Crippen LogP contribution >= 0.6 is 11.6 Å². The fourth-order valence-electron chi connectivity index (χ4n) is 3.43. The number of carbonyl (C=O) groups excluding carboxylic acids is 1. The van der Waals surface area contributed by atoms with Gasteiger partial charge in [0.2, 0.25) is 0 Å². The number of fused-ring (bicyclic) bond motifs is 1. The first kappa shape index (κ1) is 25.5. The Morgan fingerprint density at radius 3 is 2.62 bits per heavy atom. The molecule has 0 saturated carbocycles. The minimum Gasteiger partial charge on any atom is -0.494 e. The zero-order valence-corrected chi connectivity index (χ0v) is 20.7. The summed E-state index contributed by atoms with van der Waals surface area (Å²) in [5, 5.41) is 15.8. The molecule has 1 aromatic heterocycles. The molecule has 0 bridgehead atoms. The van der Waals surface area contributed by atoms with Crippen LogP contribution in [-0.4, -0.2) is 30.8 Å². The lowest BCUT2D eigenvalue weighted by Crippen LogP contribution is -2.16. The summed E-state index contributed by atoms with van der Waals surface area (Å²) in [7, 11) is 1.46. The molecule has 1 amide bonds. The van der Waals surface area contributed by atoms with E-state index in [0.717, 1.165) is 10.9 Å². The van der Waals surface area contributed by atoms with Crippen LogP contribution in [-0.2, 0) is 6.61 Å². The first-order valence-corrected chi connectivity index (χ1v) is 11.5. The van der Waals surface area contributed by atoms with Gasteiger partial charge < -0.3 is 18.6 Å². The van der Waals surface area contributed by atoms with Gasteiger partial charge in [-0.1, -0.05) is 11.6 Å². The van der Waals surface area contributed by atoms with E-state index >= 15 is 0 Å². The van der Waals surface area contributed by atoms with Crippen molar-refractivity contribution < 1.29 is 28.3 Å². The van der Waals surface area contributed by atoms with E-state index in [2.05, 4.69) is 10.5 Å². The SMILES string of the molecule is CCOc1ccc2oc(C(=O)N/N=C/c3cc(Cl)c(OCc4ccc([N+](=O)[O-])cc4)c(OC)c3)cc2c1. The highest BCUT2D eigenvalue weighted by molar-refractivity contribution is 6.32. The van der Waals surface area contributed by atoms with Crippen molar-refractivity contribution in [1.29, 1.82) is 0 Å². The maximum atomic E-state index is 12.5. The molecule has 0 aliphatic heterocycles. The standard InChI is InChI=1S/C26H22ClN3O7/c1-3-35-20-8-9-22-18(12-20)13-24(37-22)26(31)29-28-14-17-10-21(27)25(23(11-17)34-2)36-15-16-4-6-19(7-5-16)30(32)33/h4-14H,3,15H2,1-2H3,(H,29,31)/b28-14+. The second-order valence-corrected chi connectivity index (χ2v) is 8.10. The molecule has 10 nitrogen and oxygen atoms in total. The summed E-state index contributed by atoms with van der Waals surface area (Å²) >= 11 is 6.40. The molecule has 0 unspecified atom stereocenters. The Morgan fingerprint density at radius 2 is 1.92 bits per heavy atom. The van der Waals surface area contributed by atoms with Crippen molar-refractivity contribution in [3.05, 3.63) is 92.7 Å². The van der Waals surface area contributed by atoms with Crippen molar-refractivity contribution in [2.24, 2.45) is 5.10 Å². The van der Waals surface area contributed by atoms with Gasteiger partial charge in [0.15, 0.2) is 17.3 Å². The molecule has 37 heavy (non-hydrogen) atoms. The van der Waals surface area contributed by atoms with Crippen LogP contribution in [0.3, 0.4) is 0 Å². The molecule has 190 valence electrons. The largest absolute Gasteiger partial charge is 0.494 e. The highest BCUT2D eigenvalue weighted by Gasteiger charge is 2.14. The van der Waals surface area contributed by atoms with Gasteiger partial charge in [-0.3, -0.25) is 14.9 Å². The number of nitro groups is 1. The van der Waals surface area contributed by atoms with E-state index < -0.39 is 10.8 Å². The van der Waals surface area contributed by atoms with E-state index in [1.165, 1.54) is 25.5 Å². The molecular weight excluding hydrogens is 502 g/mol. The van der Waals surface area contributed by atoms with E-state index in [1.807, 2.05) is 6.92 Å². The van der Waals surface area contributed by atoms with E-state index in [9.17, 15) is 14.9 Å². The molecule has 0 aliphatic carbocycles. The lowest BCUT2D eigenvalue weighted by Gasteiger charge is -2.13. The predicted molar refractivity (Wildman–Crippen MR) is 138 cm³/mol. The van der Waals surface area contributed by atoms with Crippen molar-refractivity contribution in [3.63, 3.8) is 0 Å². The molecule has 11 heteroatoms. The zero-order chi connectivity index (χ0) is 26.4. The number of hydrogen-bond donors (Lipinski definition) is 1. The van der Waals surface area contributed by atoms with Crippen LogP contribution < -0.4 is 19.6 Å². The van der Waals surface area contributed by atoms with Crippen LogP contribution in [0.2, 0.25) is 5.02 Å². The predicted octanol–water partition coefficient (Wildman–Crippen LogP) is 5.74. The number of amides is 1. The van der Waals surface area contributed by atoms with Gasteiger partial charge in [0.05, 0.1) is 29.9 Å². The molecule has 0 saturated heterocycles. The Morgan fingerprint density at radius 1 is 1.14 bits per heavy atom. The number of carbonyl (C=O) groups is 1. The zero-order valence-electron chi connectivity index (χ0n) is 19.9. The van der Waals surface area contributed by atoms with Crippen LogP contribution in [0.25, 0.3) is 11.0 Å². The van der Waals surface area contributed by atoms with E-state index in [-0.39, 0.29) is 23.1 Å². The number of rotatable bonds is 10. The number of nitrogens with zero attached hydrogens (tertiary/aromatic N) is 2. The minimum absolute atomic E-state index is 0.00822. The molecule has 0 fully saturated rings. The number of non-ortho nitro benzene ring substituents is 1. The highest BCUT2D eigenvalue weighted by Crippen LogP contribution is 2.36. The van der Waals surface area contributed by atoms with Gasteiger partial charge in [-0.15, -0.1) is 0 Å². The Balaban J connectivity index is 1.41. The summed E-state index contributed by atoms with van der Waals surface area (Å²) in [5.41, 5.74) is 4.24. The van der Waals surface area contributed by atoms with Crippen molar-refractivity contribution in [3.8, 4) is 17.2 Å². The number of hydrogen-bond acceptors (Lipinski definition) is 8. The molecule has 3 aromatic carbocycles. The Labute approximate surface area is 216 Å². The summed E-state index contributed by atoms with van der Waals surface area (Å²) in [6.45, 7) is 2.55. The van der Waals surface area contributed by atoms with Crippen molar-refractivity contribution in [2.75, 3.05) is 13.7 Å². The first-order valence-electron chi connectivity index (χ1n) is 11.1. The fourth-order valence-corrected chi connectivity index (χ4v) is 3.71. The monoisotopic (exact) mass is 523 g/mol. The van der Waals surface area contributed by atoms with Gasteiger partial charge in [-0.25, -0.2) is 5.43 Å². The molecule has 1 heterocycles. The van der Waals surface area contributed by atoms with Gasteiger partial charge in [-0.05, 0) is 66.6 Å². The van der Waals surface area contributed by atoms with Crippen molar-refractivity contribution >= 4 is 40.4 Å². The van der Waals surface area contributed by atoms with Gasteiger partial charge >= 0.3 is 5.91 Å². The molecule has 0 spiro atoms. The van der Waals surface area contributed by atoms with Crippen molar-refractivity contribution in [2.45, 2.75) is 13.5 Å². The fraction of sp³-hybridized carbons (Fsp3) is 0.154. The van der Waals surface area contributed by atoms with E-state index in [1.54, 1.807) is 48.5 Å². The summed E-state index contributed by atoms with van der Waals surface area (Å²) in [6, 6.07) is 16.1. The first-order chi connectivity index (χ1) is 17.9.